The Morgan fingerprint density at radius 2 is 1.90 bits per heavy atom. The SMILES string of the molecule is CNC(=O)c1nn(C)cc1NC(=O)c1cc(C)n(C)n1. The monoisotopic (exact) mass is 276 g/mol. The predicted octanol–water partition coefficient (Wildman–Crippen LogP) is 0.0739. The first-order valence-corrected chi connectivity index (χ1v) is 6.00. The van der Waals surface area contributed by atoms with Crippen molar-refractivity contribution in [3.63, 3.8) is 0 Å². The highest BCUT2D eigenvalue weighted by molar-refractivity contribution is 6.07. The van der Waals surface area contributed by atoms with Crippen LogP contribution in [0.4, 0.5) is 5.69 Å². The van der Waals surface area contributed by atoms with Crippen LogP contribution in [0.2, 0.25) is 0 Å². The van der Waals surface area contributed by atoms with Crippen LogP contribution in [0.25, 0.3) is 0 Å². The number of aryl methyl sites for hydroxylation is 3. The van der Waals surface area contributed by atoms with Crippen LogP contribution in [-0.2, 0) is 14.1 Å². The lowest BCUT2D eigenvalue weighted by Crippen LogP contribution is -2.21. The highest BCUT2D eigenvalue weighted by Gasteiger charge is 2.19. The molecule has 2 aromatic heterocycles. The van der Waals surface area contributed by atoms with E-state index < -0.39 is 0 Å². The minimum absolute atomic E-state index is 0.163. The summed E-state index contributed by atoms with van der Waals surface area (Å²) in [5, 5.41) is 13.2. The molecule has 2 rings (SSSR count). The second-order valence-electron chi connectivity index (χ2n) is 4.39. The fraction of sp³-hybridized carbons (Fsp3) is 0.333. The van der Waals surface area contributed by atoms with Gasteiger partial charge in [0.15, 0.2) is 11.4 Å². The zero-order valence-corrected chi connectivity index (χ0v) is 11.8. The molecule has 0 fully saturated rings. The van der Waals surface area contributed by atoms with E-state index in [0.29, 0.717) is 5.69 Å². The maximum Gasteiger partial charge on any atom is 0.276 e. The Labute approximate surface area is 115 Å². The highest BCUT2D eigenvalue weighted by atomic mass is 16.2. The van der Waals surface area contributed by atoms with Crippen LogP contribution < -0.4 is 10.6 Å². The minimum atomic E-state index is -0.383. The summed E-state index contributed by atoms with van der Waals surface area (Å²) < 4.78 is 3.07. The normalized spacial score (nSPS) is 10.4. The summed E-state index contributed by atoms with van der Waals surface area (Å²) in [6.07, 6.45) is 1.57. The summed E-state index contributed by atoms with van der Waals surface area (Å²) >= 11 is 0. The molecular formula is C12H16N6O2. The van der Waals surface area contributed by atoms with Gasteiger partial charge in [0.1, 0.15) is 0 Å². The van der Waals surface area contributed by atoms with Gasteiger partial charge in [-0.3, -0.25) is 19.0 Å². The number of amides is 2. The molecule has 0 aliphatic carbocycles. The topological polar surface area (TPSA) is 93.8 Å². The molecule has 2 amide bonds. The summed E-state index contributed by atoms with van der Waals surface area (Å²) in [7, 11) is 4.93. The smallest absolute Gasteiger partial charge is 0.276 e. The molecule has 0 saturated carbocycles. The molecule has 0 aliphatic heterocycles. The Balaban J connectivity index is 2.26. The number of nitrogens with one attached hydrogen (secondary N) is 2. The molecule has 0 atom stereocenters. The largest absolute Gasteiger partial charge is 0.354 e. The van der Waals surface area contributed by atoms with Crippen molar-refractivity contribution in [2.24, 2.45) is 14.1 Å². The number of anilines is 1. The summed E-state index contributed by atoms with van der Waals surface area (Å²) in [6, 6.07) is 1.67. The number of hydrogen-bond donors (Lipinski definition) is 2. The fourth-order valence-electron chi connectivity index (χ4n) is 1.72. The van der Waals surface area contributed by atoms with Crippen LogP contribution in [0.5, 0.6) is 0 Å². The van der Waals surface area contributed by atoms with Gasteiger partial charge in [0.05, 0.1) is 5.69 Å². The van der Waals surface area contributed by atoms with Gasteiger partial charge in [-0.2, -0.15) is 10.2 Å². The molecule has 20 heavy (non-hydrogen) atoms. The number of rotatable bonds is 3. The van der Waals surface area contributed by atoms with Crippen molar-refractivity contribution in [3.05, 3.63) is 29.3 Å². The number of carbonyl (C=O) groups excluding carboxylic acids is 2. The summed E-state index contributed by atoms with van der Waals surface area (Å²) in [4.78, 5) is 23.8. The number of hydrogen-bond acceptors (Lipinski definition) is 4. The third kappa shape index (κ3) is 2.53. The van der Waals surface area contributed by atoms with Gasteiger partial charge in [-0.1, -0.05) is 0 Å². The van der Waals surface area contributed by atoms with Gasteiger partial charge in [0, 0.05) is 33.0 Å². The Kier molecular flexibility index (Phi) is 3.55. The number of nitrogens with zero attached hydrogens (tertiary/aromatic N) is 4. The first kappa shape index (κ1) is 13.8. The van der Waals surface area contributed by atoms with Crippen LogP contribution in [-0.4, -0.2) is 38.4 Å². The average Bonchev–Trinajstić information content (AvgIpc) is 2.92. The van der Waals surface area contributed by atoms with Gasteiger partial charge < -0.3 is 10.6 Å². The summed E-state index contributed by atoms with van der Waals surface area (Å²) in [5.41, 5.74) is 1.67. The third-order valence-corrected chi connectivity index (χ3v) is 2.87. The molecule has 0 unspecified atom stereocenters. The summed E-state index contributed by atoms with van der Waals surface area (Å²) in [6.45, 7) is 1.85. The van der Waals surface area contributed by atoms with Gasteiger partial charge in [0.2, 0.25) is 0 Å². The fourth-order valence-corrected chi connectivity index (χ4v) is 1.72. The molecule has 0 bridgehead atoms. The molecule has 0 spiro atoms. The van der Waals surface area contributed by atoms with Gasteiger partial charge in [-0.05, 0) is 13.0 Å². The molecule has 106 valence electrons. The number of carbonyl (C=O) groups is 2. The zero-order chi connectivity index (χ0) is 14.9. The molecule has 8 nitrogen and oxygen atoms in total. The van der Waals surface area contributed by atoms with Crippen molar-refractivity contribution in [2.45, 2.75) is 6.92 Å². The molecule has 0 radical (unpaired) electrons. The molecule has 0 aliphatic rings. The van der Waals surface area contributed by atoms with E-state index in [1.54, 1.807) is 31.0 Å². The van der Waals surface area contributed by atoms with Gasteiger partial charge >= 0.3 is 0 Å². The van der Waals surface area contributed by atoms with E-state index in [1.165, 1.54) is 11.7 Å². The van der Waals surface area contributed by atoms with Crippen molar-refractivity contribution >= 4 is 17.5 Å². The van der Waals surface area contributed by atoms with E-state index in [2.05, 4.69) is 20.8 Å². The van der Waals surface area contributed by atoms with Crippen molar-refractivity contribution in [1.29, 1.82) is 0 Å². The standard InChI is InChI=1S/C12H16N6O2/c1-7-5-8(15-18(7)4)11(19)14-9-6-17(3)16-10(9)12(20)13-2/h5-6H,1-4H3,(H,13,20)(H,14,19). The molecule has 0 aromatic carbocycles. The van der Waals surface area contributed by atoms with Gasteiger partial charge in [0.25, 0.3) is 11.8 Å². The quantitative estimate of drug-likeness (QED) is 0.829. The van der Waals surface area contributed by atoms with Crippen LogP contribution in [0.3, 0.4) is 0 Å². The van der Waals surface area contributed by atoms with Crippen LogP contribution in [0.15, 0.2) is 12.3 Å². The van der Waals surface area contributed by atoms with E-state index in [9.17, 15) is 9.59 Å². The van der Waals surface area contributed by atoms with Crippen molar-refractivity contribution in [1.82, 2.24) is 24.9 Å². The number of aromatic nitrogens is 4. The minimum Gasteiger partial charge on any atom is -0.354 e. The van der Waals surface area contributed by atoms with Gasteiger partial charge in [-0.25, -0.2) is 0 Å². The highest BCUT2D eigenvalue weighted by Crippen LogP contribution is 2.14. The Morgan fingerprint density at radius 1 is 1.20 bits per heavy atom. The van der Waals surface area contributed by atoms with Crippen LogP contribution in [0, 0.1) is 6.92 Å². The van der Waals surface area contributed by atoms with E-state index in [-0.39, 0.29) is 23.2 Å². The second kappa shape index (κ2) is 5.16. The van der Waals surface area contributed by atoms with Crippen molar-refractivity contribution in [3.8, 4) is 0 Å². The van der Waals surface area contributed by atoms with Gasteiger partial charge in [-0.15, -0.1) is 0 Å². The molecule has 2 heterocycles. The Morgan fingerprint density at radius 3 is 2.45 bits per heavy atom. The Hall–Kier alpha value is -2.64. The maximum absolute atomic E-state index is 12.1. The summed E-state index contributed by atoms with van der Waals surface area (Å²) in [5.74, 6) is -0.745. The van der Waals surface area contributed by atoms with Crippen LogP contribution >= 0.6 is 0 Å². The lowest BCUT2D eigenvalue weighted by atomic mass is 10.3. The zero-order valence-electron chi connectivity index (χ0n) is 11.8. The lowest BCUT2D eigenvalue weighted by Gasteiger charge is -2.02. The molecule has 2 aromatic rings. The second-order valence-corrected chi connectivity index (χ2v) is 4.39. The van der Waals surface area contributed by atoms with E-state index in [1.807, 2.05) is 6.92 Å². The molecule has 0 saturated heterocycles. The molecule has 2 N–H and O–H groups in total. The first-order valence-electron chi connectivity index (χ1n) is 6.00. The maximum atomic E-state index is 12.1. The predicted molar refractivity (Wildman–Crippen MR) is 72.5 cm³/mol. The van der Waals surface area contributed by atoms with E-state index in [0.717, 1.165) is 5.69 Å². The van der Waals surface area contributed by atoms with E-state index in [4.69, 9.17) is 0 Å². The van der Waals surface area contributed by atoms with Crippen molar-refractivity contribution < 1.29 is 9.59 Å². The first-order chi connectivity index (χ1) is 9.42. The van der Waals surface area contributed by atoms with E-state index >= 15 is 0 Å². The average molecular weight is 276 g/mol. The third-order valence-electron chi connectivity index (χ3n) is 2.87. The lowest BCUT2D eigenvalue weighted by molar-refractivity contribution is 0.0958. The molecular weight excluding hydrogens is 260 g/mol. The molecule has 8 heteroatoms. The Bertz CT molecular complexity index is 650. The van der Waals surface area contributed by atoms with Crippen molar-refractivity contribution in [2.75, 3.05) is 12.4 Å². The van der Waals surface area contributed by atoms with Crippen LogP contribution in [0.1, 0.15) is 26.7 Å².